The number of carbonyl (C=O) groups excluding carboxylic acids is 2. The summed E-state index contributed by atoms with van der Waals surface area (Å²) in [5, 5.41) is 3.75. The molecule has 0 radical (unpaired) electrons. The molecule has 1 fully saturated rings. The monoisotopic (exact) mass is 531 g/mol. The summed E-state index contributed by atoms with van der Waals surface area (Å²) in [5.74, 6) is 0.479. The van der Waals surface area contributed by atoms with E-state index in [1.807, 2.05) is 19.9 Å². The van der Waals surface area contributed by atoms with Crippen molar-refractivity contribution < 1.29 is 22.4 Å². The van der Waals surface area contributed by atoms with Crippen LogP contribution in [0.5, 0.6) is 0 Å². The van der Waals surface area contributed by atoms with Crippen LogP contribution in [0.4, 0.5) is 5.82 Å². The van der Waals surface area contributed by atoms with Gasteiger partial charge in [0, 0.05) is 29.6 Å². The van der Waals surface area contributed by atoms with E-state index in [9.17, 15) is 18.0 Å². The van der Waals surface area contributed by atoms with E-state index in [4.69, 9.17) is 16.0 Å². The number of furan rings is 1. The fourth-order valence-electron chi connectivity index (χ4n) is 4.25. The SMILES string of the molecule is CNC(=O)c1c(-c2ccc(Cl)cc2)oc2nc(N(CCCC(C)(C)C=O)S(C)(=O)=O)c(C3CC3)cc12. The minimum absolute atomic E-state index is 0.152. The van der Waals surface area contributed by atoms with Crippen LogP contribution in [0.2, 0.25) is 5.02 Å². The highest BCUT2D eigenvalue weighted by Crippen LogP contribution is 2.47. The Bertz CT molecular complexity index is 1410. The Morgan fingerprint density at radius 2 is 1.94 bits per heavy atom. The minimum Gasteiger partial charge on any atom is -0.437 e. The topological polar surface area (TPSA) is 110 Å². The third-order valence-electron chi connectivity index (χ3n) is 6.41. The molecule has 8 nitrogen and oxygen atoms in total. The Labute approximate surface area is 216 Å². The lowest BCUT2D eigenvalue weighted by Crippen LogP contribution is -2.33. The molecule has 0 aliphatic heterocycles. The number of halogens is 1. The number of anilines is 1. The zero-order valence-corrected chi connectivity index (χ0v) is 22.4. The van der Waals surface area contributed by atoms with Crippen LogP contribution in [-0.2, 0) is 14.8 Å². The lowest BCUT2D eigenvalue weighted by atomic mass is 9.90. The van der Waals surface area contributed by atoms with Crippen molar-refractivity contribution in [2.24, 2.45) is 5.41 Å². The highest BCUT2D eigenvalue weighted by atomic mass is 35.5. The number of aldehydes is 1. The summed E-state index contributed by atoms with van der Waals surface area (Å²) in [7, 11) is -2.13. The van der Waals surface area contributed by atoms with E-state index >= 15 is 0 Å². The molecule has 1 aliphatic carbocycles. The van der Waals surface area contributed by atoms with Gasteiger partial charge in [0.05, 0.1) is 17.2 Å². The van der Waals surface area contributed by atoms with Crippen LogP contribution in [0, 0.1) is 5.41 Å². The van der Waals surface area contributed by atoms with E-state index in [1.54, 1.807) is 31.3 Å². The molecule has 1 aliphatic rings. The normalized spacial score (nSPS) is 14.1. The number of amides is 1. The highest BCUT2D eigenvalue weighted by molar-refractivity contribution is 7.92. The number of hydrogen-bond acceptors (Lipinski definition) is 6. The summed E-state index contributed by atoms with van der Waals surface area (Å²) >= 11 is 6.04. The quantitative estimate of drug-likeness (QED) is 0.362. The van der Waals surface area contributed by atoms with Crippen molar-refractivity contribution in [3.63, 3.8) is 0 Å². The van der Waals surface area contributed by atoms with Gasteiger partial charge < -0.3 is 14.5 Å². The number of carbonyl (C=O) groups is 2. The molecule has 0 saturated heterocycles. The number of fused-ring (bicyclic) bond motifs is 1. The van der Waals surface area contributed by atoms with Crippen LogP contribution in [-0.4, -0.2) is 45.4 Å². The van der Waals surface area contributed by atoms with E-state index in [2.05, 4.69) is 10.3 Å². The molecule has 1 aromatic carbocycles. The van der Waals surface area contributed by atoms with Gasteiger partial charge in [-0.25, -0.2) is 8.42 Å². The van der Waals surface area contributed by atoms with Crippen molar-refractivity contribution in [1.82, 2.24) is 10.3 Å². The first-order valence-electron chi connectivity index (χ1n) is 11.8. The van der Waals surface area contributed by atoms with Crippen LogP contribution in [0.15, 0.2) is 34.7 Å². The van der Waals surface area contributed by atoms with Gasteiger partial charge in [0.2, 0.25) is 15.7 Å². The second-order valence-corrected chi connectivity index (χ2v) is 12.3. The van der Waals surface area contributed by atoms with Gasteiger partial charge in [0.15, 0.2) is 0 Å². The second-order valence-electron chi connectivity index (χ2n) is 9.97. The van der Waals surface area contributed by atoms with Crippen LogP contribution < -0.4 is 9.62 Å². The fraction of sp³-hybridized carbons (Fsp3) is 0.423. The van der Waals surface area contributed by atoms with Gasteiger partial charge in [0.25, 0.3) is 5.91 Å². The lowest BCUT2D eigenvalue weighted by Gasteiger charge is -2.25. The van der Waals surface area contributed by atoms with Crippen molar-refractivity contribution in [2.75, 3.05) is 24.2 Å². The summed E-state index contributed by atoms with van der Waals surface area (Å²) in [6, 6.07) is 8.77. The first kappa shape index (κ1) is 26.2. The first-order valence-corrected chi connectivity index (χ1v) is 14.1. The Hall–Kier alpha value is -2.91. The molecule has 4 rings (SSSR count). The molecule has 3 aromatic rings. The van der Waals surface area contributed by atoms with Gasteiger partial charge in [0.1, 0.15) is 17.9 Å². The van der Waals surface area contributed by atoms with Gasteiger partial charge in [-0.3, -0.25) is 9.10 Å². The molecule has 192 valence electrons. The average molecular weight is 532 g/mol. The summed E-state index contributed by atoms with van der Waals surface area (Å²) < 4.78 is 33.2. The van der Waals surface area contributed by atoms with Crippen LogP contribution in [0.25, 0.3) is 22.4 Å². The van der Waals surface area contributed by atoms with E-state index in [0.717, 1.165) is 30.9 Å². The predicted molar refractivity (Wildman–Crippen MR) is 141 cm³/mol. The number of nitrogens with zero attached hydrogens (tertiary/aromatic N) is 2. The first-order chi connectivity index (χ1) is 16.9. The molecule has 2 aromatic heterocycles. The van der Waals surface area contributed by atoms with E-state index in [0.29, 0.717) is 46.0 Å². The maximum atomic E-state index is 12.9. The zero-order valence-electron chi connectivity index (χ0n) is 20.8. The highest BCUT2D eigenvalue weighted by Gasteiger charge is 2.34. The summed E-state index contributed by atoms with van der Waals surface area (Å²) in [6.07, 6.45) is 4.88. The summed E-state index contributed by atoms with van der Waals surface area (Å²) in [6.45, 7) is 3.83. The molecule has 0 spiro atoms. The number of aromatic nitrogens is 1. The van der Waals surface area contributed by atoms with Crippen LogP contribution in [0.3, 0.4) is 0 Å². The largest absolute Gasteiger partial charge is 0.437 e. The Balaban J connectivity index is 1.87. The molecular weight excluding hydrogens is 502 g/mol. The minimum atomic E-state index is -3.67. The molecular formula is C26H30ClN3O5S. The molecule has 1 N–H and O–H groups in total. The van der Waals surface area contributed by atoms with Crippen molar-refractivity contribution in [1.29, 1.82) is 0 Å². The Kier molecular flexibility index (Phi) is 7.16. The molecule has 1 amide bonds. The molecule has 1 saturated carbocycles. The number of nitrogens with one attached hydrogen (secondary N) is 1. The lowest BCUT2D eigenvalue weighted by molar-refractivity contribution is -0.115. The Morgan fingerprint density at radius 1 is 1.28 bits per heavy atom. The Morgan fingerprint density at radius 3 is 2.50 bits per heavy atom. The van der Waals surface area contributed by atoms with Crippen molar-refractivity contribution in [3.05, 3.63) is 46.5 Å². The molecule has 0 unspecified atom stereocenters. The summed E-state index contributed by atoms with van der Waals surface area (Å²) in [5.41, 5.74) is 1.41. The van der Waals surface area contributed by atoms with E-state index < -0.39 is 15.4 Å². The number of sulfonamides is 1. The molecule has 0 bridgehead atoms. The fourth-order valence-corrected chi connectivity index (χ4v) is 5.29. The average Bonchev–Trinajstić information content (AvgIpc) is 3.61. The van der Waals surface area contributed by atoms with E-state index in [-0.39, 0.29) is 24.1 Å². The number of rotatable bonds is 10. The van der Waals surface area contributed by atoms with Crippen molar-refractivity contribution in [2.45, 2.75) is 45.4 Å². The molecule has 10 heteroatoms. The predicted octanol–water partition coefficient (Wildman–Crippen LogP) is 5.16. The van der Waals surface area contributed by atoms with Crippen LogP contribution >= 0.6 is 11.6 Å². The third-order valence-corrected chi connectivity index (χ3v) is 7.81. The third kappa shape index (κ3) is 5.42. The zero-order chi connectivity index (χ0) is 26.3. The van der Waals surface area contributed by atoms with Gasteiger partial charge in [-0.1, -0.05) is 25.4 Å². The van der Waals surface area contributed by atoms with Crippen LogP contribution in [0.1, 0.15) is 61.4 Å². The van der Waals surface area contributed by atoms with E-state index in [1.165, 1.54) is 4.31 Å². The maximum Gasteiger partial charge on any atom is 0.255 e. The standard InChI is InChI=1S/C26H30ClN3O5S/c1-26(2,15-31)12-5-13-30(36(4,33)34)23-19(16-6-7-16)14-20-21(24(32)28-3)22(35-25(20)29-23)17-8-10-18(27)11-9-17/h8-11,14-16H,5-7,12-13H2,1-4H3,(H,28,32). The molecule has 36 heavy (non-hydrogen) atoms. The number of benzene rings is 1. The van der Waals surface area contributed by atoms with Crippen molar-refractivity contribution in [3.8, 4) is 11.3 Å². The van der Waals surface area contributed by atoms with Gasteiger partial charge >= 0.3 is 0 Å². The van der Waals surface area contributed by atoms with Gasteiger partial charge in [-0.15, -0.1) is 0 Å². The number of hydrogen-bond donors (Lipinski definition) is 1. The molecule has 0 atom stereocenters. The molecule has 2 heterocycles. The van der Waals surface area contributed by atoms with Gasteiger partial charge in [-0.2, -0.15) is 4.98 Å². The second kappa shape index (κ2) is 9.86. The smallest absolute Gasteiger partial charge is 0.255 e. The summed E-state index contributed by atoms with van der Waals surface area (Å²) in [4.78, 5) is 28.9. The maximum absolute atomic E-state index is 12.9. The number of pyridine rings is 1. The van der Waals surface area contributed by atoms with Crippen molar-refractivity contribution >= 4 is 50.7 Å². The van der Waals surface area contributed by atoms with Gasteiger partial charge in [-0.05, 0) is 67.5 Å².